The van der Waals surface area contributed by atoms with Gasteiger partial charge in [0.15, 0.2) is 0 Å². The van der Waals surface area contributed by atoms with Gasteiger partial charge in [0.1, 0.15) is 0 Å². The van der Waals surface area contributed by atoms with Gasteiger partial charge in [-0.15, -0.1) is 0 Å². The first-order chi connectivity index (χ1) is 10.8. The molecule has 1 aromatic carbocycles. The third-order valence-corrected chi connectivity index (χ3v) is 4.10. The maximum Gasteiger partial charge on any atom is 0.319 e. The standard InChI is InChI=1S/C17H26N4O2/c1-11(2)19-16(23)20-14-6-4-5-12(9-14)15(22)21-17(3,10-18)13-7-8-13/h4-6,9,11,13H,7-8,10,18H2,1-3H3,(H,21,22)(H2,19,20,23). The molecule has 1 aliphatic rings. The predicted octanol–water partition coefficient (Wildman–Crippen LogP) is 2.07. The summed E-state index contributed by atoms with van der Waals surface area (Å²) in [7, 11) is 0. The van der Waals surface area contributed by atoms with Gasteiger partial charge in [0.05, 0.1) is 5.54 Å². The minimum absolute atomic E-state index is 0.0466. The van der Waals surface area contributed by atoms with E-state index in [1.165, 1.54) is 0 Å². The summed E-state index contributed by atoms with van der Waals surface area (Å²) < 4.78 is 0. The monoisotopic (exact) mass is 318 g/mol. The van der Waals surface area contributed by atoms with Gasteiger partial charge in [0, 0.05) is 23.8 Å². The topological polar surface area (TPSA) is 96.2 Å². The maximum atomic E-state index is 12.5. The third kappa shape index (κ3) is 4.69. The summed E-state index contributed by atoms with van der Waals surface area (Å²) >= 11 is 0. The highest BCUT2D eigenvalue weighted by Gasteiger charge is 2.41. The fourth-order valence-corrected chi connectivity index (χ4v) is 2.54. The Kier molecular flexibility index (Phi) is 5.26. The number of carbonyl (C=O) groups excluding carboxylic acids is 2. The summed E-state index contributed by atoms with van der Waals surface area (Å²) in [4.78, 5) is 24.2. The molecule has 0 heterocycles. The molecular weight excluding hydrogens is 292 g/mol. The molecule has 126 valence electrons. The van der Waals surface area contributed by atoms with E-state index >= 15 is 0 Å². The van der Waals surface area contributed by atoms with Gasteiger partial charge < -0.3 is 21.7 Å². The van der Waals surface area contributed by atoms with Crippen LogP contribution in [-0.4, -0.2) is 30.1 Å². The largest absolute Gasteiger partial charge is 0.345 e. The van der Waals surface area contributed by atoms with Crippen LogP contribution in [0.15, 0.2) is 24.3 Å². The zero-order chi connectivity index (χ0) is 17.0. The lowest BCUT2D eigenvalue weighted by molar-refractivity contribution is 0.0898. The molecule has 0 aromatic heterocycles. The number of rotatable bonds is 6. The third-order valence-electron chi connectivity index (χ3n) is 4.10. The lowest BCUT2D eigenvalue weighted by Gasteiger charge is -2.29. The summed E-state index contributed by atoms with van der Waals surface area (Å²) in [6.45, 7) is 6.17. The van der Waals surface area contributed by atoms with E-state index in [4.69, 9.17) is 5.73 Å². The van der Waals surface area contributed by atoms with Crippen LogP contribution in [0, 0.1) is 5.92 Å². The van der Waals surface area contributed by atoms with Crippen LogP contribution in [0.3, 0.4) is 0 Å². The first-order valence-electron chi connectivity index (χ1n) is 8.04. The number of carbonyl (C=O) groups is 2. The predicted molar refractivity (Wildman–Crippen MR) is 91.4 cm³/mol. The summed E-state index contributed by atoms with van der Waals surface area (Å²) in [5, 5.41) is 8.51. The first-order valence-corrected chi connectivity index (χ1v) is 8.04. The van der Waals surface area contributed by atoms with E-state index in [0.717, 1.165) is 12.8 Å². The number of nitrogens with two attached hydrogens (primary N) is 1. The molecule has 6 heteroatoms. The van der Waals surface area contributed by atoms with E-state index in [0.29, 0.717) is 23.7 Å². The smallest absolute Gasteiger partial charge is 0.319 e. The lowest BCUT2D eigenvalue weighted by atomic mass is 9.95. The van der Waals surface area contributed by atoms with Crippen molar-refractivity contribution in [3.8, 4) is 0 Å². The summed E-state index contributed by atoms with van der Waals surface area (Å²) in [5.41, 5.74) is 6.56. The molecule has 3 amide bonds. The van der Waals surface area contributed by atoms with Crippen molar-refractivity contribution < 1.29 is 9.59 Å². The molecule has 1 fully saturated rings. The maximum absolute atomic E-state index is 12.5. The van der Waals surface area contributed by atoms with Crippen LogP contribution < -0.4 is 21.7 Å². The number of anilines is 1. The van der Waals surface area contributed by atoms with Crippen molar-refractivity contribution in [1.29, 1.82) is 0 Å². The van der Waals surface area contributed by atoms with E-state index in [1.807, 2.05) is 20.8 Å². The highest BCUT2D eigenvalue weighted by Crippen LogP contribution is 2.39. The number of hydrogen-bond acceptors (Lipinski definition) is 3. The zero-order valence-electron chi connectivity index (χ0n) is 14.0. The van der Waals surface area contributed by atoms with Crippen molar-refractivity contribution >= 4 is 17.6 Å². The number of hydrogen-bond donors (Lipinski definition) is 4. The van der Waals surface area contributed by atoms with Crippen molar-refractivity contribution in [3.05, 3.63) is 29.8 Å². The van der Waals surface area contributed by atoms with Crippen molar-refractivity contribution in [3.63, 3.8) is 0 Å². The Morgan fingerprint density at radius 3 is 2.61 bits per heavy atom. The van der Waals surface area contributed by atoms with Crippen molar-refractivity contribution in [2.24, 2.45) is 11.7 Å². The van der Waals surface area contributed by atoms with E-state index in [2.05, 4.69) is 16.0 Å². The summed E-state index contributed by atoms with van der Waals surface area (Å²) in [6, 6.07) is 6.65. The fourth-order valence-electron chi connectivity index (χ4n) is 2.54. The van der Waals surface area contributed by atoms with E-state index in [9.17, 15) is 9.59 Å². The minimum atomic E-state index is -0.366. The number of urea groups is 1. The number of amides is 3. The van der Waals surface area contributed by atoms with Crippen LogP contribution in [0.2, 0.25) is 0 Å². The van der Waals surface area contributed by atoms with Gasteiger partial charge in [0.25, 0.3) is 5.91 Å². The van der Waals surface area contributed by atoms with Gasteiger partial charge >= 0.3 is 6.03 Å². The first kappa shape index (κ1) is 17.3. The molecule has 0 spiro atoms. The Morgan fingerprint density at radius 1 is 1.35 bits per heavy atom. The van der Waals surface area contributed by atoms with Gasteiger partial charge in [-0.2, -0.15) is 0 Å². The molecule has 0 aliphatic heterocycles. The van der Waals surface area contributed by atoms with Crippen molar-refractivity contribution in [2.75, 3.05) is 11.9 Å². The van der Waals surface area contributed by atoms with Gasteiger partial charge in [-0.25, -0.2) is 4.79 Å². The number of benzene rings is 1. The Labute approximate surface area is 137 Å². The highest BCUT2D eigenvalue weighted by molar-refractivity contribution is 5.97. The van der Waals surface area contributed by atoms with E-state index in [1.54, 1.807) is 24.3 Å². The highest BCUT2D eigenvalue weighted by atomic mass is 16.2. The second-order valence-electron chi connectivity index (χ2n) is 6.68. The molecule has 2 rings (SSSR count). The Morgan fingerprint density at radius 2 is 2.04 bits per heavy atom. The van der Waals surface area contributed by atoms with Crippen LogP contribution in [-0.2, 0) is 0 Å². The van der Waals surface area contributed by atoms with Crippen LogP contribution in [0.1, 0.15) is 44.0 Å². The molecule has 23 heavy (non-hydrogen) atoms. The molecule has 1 aliphatic carbocycles. The molecule has 1 aromatic rings. The Bertz CT molecular complexity index is 584. The fraction of sp³-hybridized carbons (Fsp3) is 0.529. The van der Waals surface area contributed by atoms with Gasteiger partial charge in [-0.3, -0.25) is 4.79 Å². The van der Waals surface area contributed by atoms with E-state index < -0.39 is 0 Å². The second kappa shape index (κ2) is 7.00. The second-order valence-corrected chi connectivity index (χ2v) is 6.68. The van der Waals surface area contributed by atoms with Crippen LogP contribution in [0.25, 0.3) is 0 Å². The minimum Gasteiger partial charge on any atom is -0.345 e. The van der Waals surface area contributed by atoms with Crippen molar-refractivity contribution in [1.82, 2.24) is 10.6 Å². The van der Waals surface area contributed by atoms with Crippen LogP contribution in [0.5, 0.6) is 0 Å². The Balaban J connectivity index is 2.03. The SMILES string of the molecule is CC(C)NC(=O)Nc1cccc(C(=O)NC(C)(CN)C2CC2)c1. The molecule has 0 radical (unpaired) electrons. The molecule has 1 saturated carbocycles. The average Bonchev–Trinajstić information content (AvgIpc) is 3.31. The molecular formula is C17H26N4O2. The van der Waals surface area contributed by atoms with Gasteiger partial charge in [0.2, 0.25) is 0 Å². The lowest BCUT2D eigenvalue weighted by Crippen LogP contribution is -2.53. The molecule has 1 atom stereocenters. The molecule has 0 bridgehead atoms. The van der Waals surface area contributed by atoms with Crippen LogP contribution in [0.4, 0.5) is 10.5 Å². The molecule has 5 N–H and O–H groups in total. The van der Waals surface area contributed by atoms with Gasteiger partial charge in [-0.1, -0.05) is 6.07 Å². The zero-order valence-corrected chi connectivity index (χ0v) is 14.0. The molecule has 1 unspecified atom stereocenters. The van der Waals surface area contributed by atoms with Gasteiger partial charge in [-0.05, 0) is 57.7 Å². The summed E-state index contributed by atoms with van der Waals surface area (Å²) in [6.07, 6.45) is 2.20. The molecule has 6 nitrogen and oxygen atoms in total. The Hall–Kier alpha value is -2.08. The number of nitrogens with one attached hydrogen (secondary N) is 3. The normalized spacial score (nSPS) is 16.6. The van der Waals surface area contributed by atoms with Crippen molar-refractivity contribution in [2.45, 2.75) is 45.2 Å². The van der Waals surface area contributed by atoms with E-state index in [-0.39, 0.29) is 23.5 Å². The van der Waals surface area contributed by atoms with Crippen LogP contribution >= 0.6 is 0 Å². The quantitative estimate of drug-likeness (QED) is 0.646. The molecule has 0 saturated heterocycles. The average molecular weight is 318 g/mol. The summed E-state index contributed by atoms with van der Waals surface area (Å²) in [5.74, 6) is 0.285.